The van der Waals surface area contributed by atoms with Gasteiger partial charge < -0.3 is 9.64 Å². The molecule has 1 N–H and O–H groups in total. The van der Waals surface area contributed by atoms with Crippen molar-refractivity contribution in [2.45, 2.75) is 6.42 Å². The van der Waals surface area contributed by atoms with Gasteiger partial charge in [-0.25, -0.2) is 0 Å². The number of hydrogen-bond acceptors (Lipinski definition) is 3. The summed E-state index contributed by atoms with van der Waals surface area (Å²) in [6, 6.07) is 0. The van der Waals surface area contributed by atoms with Gasteiger partial charge in [-0.3, -0.25) is 5.41 Å². The predicted molar refractivity (Wildman–Crippen MR) is 61.6 cm³/mol. The van der Waals surface area contributed by atoms with Crippen molar-refractivity contribution in [2.24, 2.45) is 0 Å². The molecule has 1 saturated heterocycles. The Morgan fingerprint density at radius 1 is 1.46 bits per heavy atom. The van der Waals surface area contributed by atoms with Crippen LogP contribution in [-0.2, 0) is 4.74 Å². The van der Waals surface area contributed by atoms with Crippen molar-refractivity contribution in [1.29, 1.82) is 5.41 Å². The van der Waals surface area contributed by atoms with E-state index in [0.29, 0.717) is 0 Å². The van der Waals surface area contributed by atoms with Crippen LogP contribution in [0.1, 0.15) is 6.42 Å². The molecule has 0 amide bonds. The lowest BCUT2D eigenvalue weighted by Gasteiger charge is -2.23. The monoisotopic (exact) mass is 204 g/mol. The van der Waals surface area contributed by atoms with Gasteiger partial charge in [0.2, 0.25) is 0 Å². The van der Waals surface area contributed by atoms with Gasteiger partial charge in [-0.05, 0) is 6.42 Å². The second-order valence-electron chi connectivity index (χ2n) is 2.34. The highest BCUT2D eigenvalue weighted by Crippen LogP contribution is 2.13. The van der Waals surface area contributed by atoms with Crippen LogP contribution in [0.25, 0.3) is 0 Å². The average molecular weight is 204 g/mol. The molecule has 0 radical (unpaired) electrons. The van der Waals surface area contributed by atoms with E-state index in [4.69, 9.17) is 5.41 Å². The minimum Gasteiger partial charge on any atom is -0.388 e. The van der Waals surface area contributed by atoms with Crippen molar-refractivity contribution < 1.29 is 4.74 Å². The minimum atomic E-state index is 0.719. The van der Waals surface area contributed by atoms with E-state index in [9.17, 15) is 0 Å². The van der Waals surface area contributed by atoms with Crippen LogP contribution in [0.2, 0.25) is 0 Å². The lowest BCUT2D eigenvalue weighted by Crippen LogP contribution is -2.28. The second-order valence-corrected chi connectivity index (χ2v) is 3.42. The average Bonchev–Trinajstić information content (AvgIpc) is 2.15. The molecule has 0 aromatic rings. The number of rotatable bonds is 0. The molecular formula is C9H20N2OS. The number of nitrogens with one attached hydrogen (secondary N) is 1. The fourth-order valence-corrected chi connectivity index (χ4v) is 1.46. The molecule has 0 aliphatic carbocycles. The lowest BCUT2D eigenvalue weighted by molar-refractivity contribution is 0.277. The van der Waals surface area contributed by atoms with E-state index in [1.807, 2.05) is 11.9 Å². The molecule has 78 valence electrons. The molecule has 1 aliphatic rings. The molecule has 1 aliphatic heterocycles. The number of amidine groups is 1. The topological polar surface area (TPSA) is 36.3 Å². The van der Waals surface area contributed by atoms with Crippen LogP contribution in [-0.4, -0.2) is 43.6 Å². The summed E-state index contributed by atoms with van der Waals surface area (Å²) in [7, 11) is 5.22. The Kier molecular flexibility index (Phi) is 13.3. The third-order valence-electron chi connectivity index (χ3n) is 1.22. The third kappa shape index (κ3) is 9.43. The SMILES string of the molecule is C=C.CN1CCCSC1=N.COC. The molecule has 0 saturated carbocycles. The first-order chi connectivity index (χ1) is 6.22. The van der Waals surface area contributed by atoms with E-state index >= 15 is 0 Å². The van der Waals surface area contributed by atoms with Gasteiger partial charge in [-0.2, -0.15) is 0 Å². The largest absolute Gasteiger partial charge is 0.388 e. The van der Waals surface area contributed by atoms with Crippen molar-refractivity contribution in [1.82, 2.24) is 4.90 Å². The third-order valence-corrected chi connectivity index (χ3v) is 2.30. The van der Waals surface area contributed by atoms with Gasteiger partial charge in [0.05, 0.1) is 0 Å². The van der Waals surface area contributed by atoms with Crippen LogP contribution in [0.4, 0.5) is 0 Å². The number of thioether (sulfide) groups is 1. The van der Waals surface area contributed by atoms with Crippen molar-refractivity contribution in [3.63, 3.8) is 0 Å². The van der Waals surface area contributed by atoms with Crippen LogP contribution in [0, 0.1) is 5.41 Å². The maximum atomic E-state index is 7.28. The van der Waals surface area contributed by atoms with Gasteiger partial charge in [-0.1, -0.05) is 11.8 Å². The molecule has 0 bridgehead atoms. The van der Waals surface area contributed by atoms with Crippen LogP contribution in [0.15, 0.2) is 13.2 Å². The van der Waals surface area contributed by atoms with Crippen LogP contribution in [0.3, 0.4) is 0 Å². The zero-order valence-corrected chi connectivity index (χ0v) is 9.62. The molecule has 1 rings (SSSR count). The van der Waals surface area contributed by atoms with Gasteiger partial charge in [-0.15, -0.1) is 13.2 Å². The molecule has 3 nitrogen and oxygen atoms in total. The first kappa shape index (κ1) is 15.0. The Hall–Kier alpha value is -0.480. The smallest absolute Gasteiger partial charge is 0.156 e. The first-order valence-corrected chi connectivity index (χ1v) is 5.03. The van der Waals surface area contributed by atoms with Crippen LogP contribution < -0.4 is 0 Å². The molecule has 0 unspecified atom stereocenters. The number of methoxy groups -OCH3 is 1. The van der Waals surface area contributed by atoms with E-state index in [-0.39, 0.29) is 0 Å². The van der Waals surface area contributed by atoms with Gasteiger partial charge in [0.25, 0.3) is 0 Å². The summed E-state index contributed by atoms with van der Waals surface area (Å²) in [5.74, 6) is 1.13. The number of nitrogens with zero attached hydrogens (tertiary/aromatic N) is 1. The maximum absolute atomic E-state index is 7.28. The Morgan fingerprint density at radius 3 is 2.15 bits per heavy atom. The Labute approximate surface area is 85.7 Å². The van der Waals surface area contributed by atoms with Crippen molar-refractivity contribution in [3.8, 4) is 0 Å². The van der Waals surface area contributed by atoms with E-state index in [0.717, 1.165) is 17.5 Å². The van der Waals surface area contributed by atoms with Crippen LogP contribution in [0.5, 0.6) is 0 Å². The summed E-state index contributed by atoms with van der Waals surface area (Å²) in [6.07, 6.45) is 1.23. The zero-order valence-electron chi connectivity index (χ0n) is 8.80. The van der Waals surface area contributed by atoms with Gasteiger partial charge in [0, 0.05) is 33.6 Å². The predicted octanol–water partition coefficient (Wildman–Crippen LogP) is 2.05. The summed E-state index contributed by atoms with van der Waals surface area (Å²) in [5, 5.41) is 8.00. The molecule has 0 aromatic carbocycles. The summed E-state index contributed by atoms with van der Waals surface area (Å²) in [6.45, 7) is 7.06. The quantitative estimate of drug-likeness (QED) is 0.614. The number of hydrogen-bond donors (Lipinski definition) is 1. The summed E-state index contributed by atoms with van der Waals surface area (Å²) in [5.41, 5.74) is 0. The van der Waals surface area contributed by atoms with Crippen molar-refractivity contribution >= 4 is 16.9 Å². The van der Waals surface area contributed by atoms with Gasteiger partial charge >= 0.3 is 0 Å². The van der Waals surface area contributed by atoms with Crippen LogP contribution >= 0.6 is 11.8 Å². The maximum Gasteiger partial charge on any atom is 0.156 e. The van der Waals surface area contributed by atoms with E-state index in [1.165, 1.54) is 6.42 Å². The molecule has 1 heterocycles. The molecular weight excluding hydrogens is 184 g/mol. The number of ether oxygens (including phenoxy) is 1. The van der Waals surface area contributed by atoms with Crippen molar-refractivity contribution in [3.05, 3.63) is 13.2 Å². The summed E-state index contributed by atoms with van der Waals surface area (Å²) >= 11 is 1.64. The molecule has 0 aromatic heterocycles. The zero-order chi connectivity index (χ0) is 10.7. The minimum absolute atomic E-state index is 0.719. The molecule has 4 heteroatoms. The Bertz CT molecular complexity index is 131. The van der Waals surface area contributed by atoms with E-state index in [1.54, 1.807) is 26.0 Å². The van der Waals surface area contributed by atoms with E-state index in [2.05, 4.69) is 17.9 Å². The van der Waals surface area contributed by atoms with E-state index < -0.39 is 0 Å². The Balaban J connectivity index is 0. The normalized spacial score (nSPS) is 15.0. The standard InChI is InChI=1S/C5H10N2S.C2H6O.C2H4/c1-7-3-2-4-8-5(7)6;1-3-2;1-2/h6H,2-4H2,1H3;1-2H3;1-2H2. The molecule has 0 atom stereocenters. The lowest BCUT2D eigenvalue weighted by atomic mass is 10.4. The molecule has 13 heavy (non-hydrogen) atoms. The van der Waals surface area contributed by atoms with Gasteiger partial charge in [0.15, 0.2) is 5.17 Å². The highest BCUT2D eigenvalue weighted by molar-refractivity contribution is 8.13. The Morgan fingerprint density at radius 2 is 1.92 bits per heavy atom. The fraction of sp³-hybridized carbons (Fsp3) is 0.667. The highest BCUT2D eigenvalue weighted by Gasteiger charge is 2.09. The fourth-order valence-electron chi connectivity index (χ4n) is 0.682. The molecule has 0 spiro atoms. The van der Waals surface area contributed by atoms with Crippen molar-refractivity contribution in [2.75, 3.05) is 33.6 Å². The first-order valence-electron chi connectivity index (χ1n) is 4.05. The van der Waals surface area contributed by atoms with Gasteiger partial charge in [0.1, 0.15) is 0 Å². The second kappa shape index (κ2) is 11.5. The molecule has 1 fully saturated rings. The summed E-state index contributed by atoms with van der Waals surface area (Å²) in [4.78, 5) is 1.98. The highest BCUT2D eigenvalue weighted by atomic mass is 32.2. The summed E-state index contributed by atoms with van der Waals surface area (Å²) < 4.78 is 4.25.